The van der Waals surface area contributed by atoms with Crippen LogP contribution in [0.3, 0.4) is 0 Å². The Labute approximate surface area is 117 Å². The molecule has 0 atom stereocenters. The van der Waals surface area contributed by atoms with Gasteiger partial charge in [0.2, 0.25) is 0 Å². The van der Waals surface area contributed by atoms with Gasteiger partial charge in [-0.05, 0) is 31.5 Å². The molecule has 0 fully saturated rings. The number of aryl methyl sites for hydroxylation is 1. The zero-order valence-corrected chi connectivity index (χ0v) is 12.2. The minimum atomic E-state index is -3.52. The van der Waals surface area contributed by atoms with Crippen molar-refractivity contribution in [1.82, 2.24) is 0 Å². The number of hydrogen-bond acceptors (Lipinski definition) is 3. The van der Waals surface area contributed by atoms with E-state index in [1.165, 1.54) is 12.1 Å². The summed E-state index contributed by atoms with van der Waals surface area (Å²) in [4.78, 5) is 15.2. The van der Waals surface area contributed by atoms with Crippen LogP contribution in [0.2, 0.25) is 0 Å². The highest BCUT2D eigenvalue weighted by atomic mass is 32.2. The molecular weight excluding hydrogens is 278 g/mol. The van der Waals surface area contributed by atoms with Crippen molar-refractivity contribution in [1.29, 1.82) is 0 Å². The first kappa shape index (κ1) is 15.7. The Hall–Kier alpha value is -2.33. The molecule has 20 heavy (non-hydrogen) atoms. The van der Waals surface area contributed by atoms with Gasteiger partial charge in [-0.3, -0.25) is 4.79 Å². The number of aliphatic imine (C=N–C) groups is 1. The summed E-state index contributed by atoms with van der Waals surface area (Å²) >= 11 is 0. The molecule has 4 N–H and O–H groups in total. The van der Waals surface area contributed by atoms with Crippen molar-refractivity contribution in [3.63, 3.8) is 0 Å². The number of carbonyl (C=O) groups is 1. The smallest absolute Gasteiger partial charge is 0.280 e. The van der Waals surface area contributed by atoms with Crippen LogP contribution in [0.5, 0.6) is 0 Å². The molecule has 0 saturated heterocycles. The van der Waals surface area contributed by atoms with Gasteiger partial charge >= 0.3 is 0 Å². The predicted molar refractivity (Wildman–Crippen MR) is 77.0 cm³/mol. The van der Waals surface area contributed by atoms with Gasteiger partial charge in [0.25, 0.3) is 5.91 Å². The van der Waals surface area contributed by atoms with E-state index in [0.717, 1.165) is 6.26 Å². The fraction of sp³-hybridized carbons (Fsp3) is 0.231. The first-order chi connectivity index (χ1) is 9.16. The molecule has 0 aliphatic rings. The second kappa shape index (κ2) is 5.75. The first-order valence-electron chi connectivity index (χ1n) is 5.58. The van der Waals surface area contributed by atoms with Gasteiger partial charge in [0.15, 0.2) is 15.8 Å². The van der Waals surface area contributed by atoms with Gasteiger partial charge in [-0.1, -0.05) is 5.92 Å². The highest BCUT2D eigenvalue weighted by molar-refractivity contribution is 7.90. The Kier molecular flexibility index (Phi) is 4.53. The summed E-state index contributed by atoms with van der Waals surface area (Å²) in [5.74, 6) is 4.27. The van der Waals surface area contributed by atoms with Gasteiger partial charge in [0, 0.05) is 17.4 Å². The number of guanidine groups is 1. The average molecular weight is 293 g/mol. The van der Waals surface area contributed by atoms with E-state index in [1.54, 1.807) is 13.8 Å². The highest BCUT2D eigenvalue weighted by Gasteiger charge is 2.18. The van der Waals surface area contributed by atoms with Crippen molar-refractivity contribution < 1.29 is 13.2 Å². The summed E-state index contributed by atoms with van der Waals surface area (Å²) in [7, 11) is -3.52. The lowest BCUT2D eigenvalue weighted by Crippen LogP contribution is -2.24. The zero-order chi connectivity index (χ0) is 15.5. The van der Waals surface area contributed by atoms with Crippen LogP contribution in [0.25, 0.3) is 0 Å². The third-order valence-corrected chi connectivity index (χ3v) is 3.58. The van der Waals surface area contributed by atoms with Gasteiger partial charge in [-0.25, -0.2) is 8.42 Å². The molecule has 0 saturated carbocycles. The minimum Gasteiger partial charge on any atom is -0.370 e. The maximum Gasteiger partial charge on any atom is 0.280 e. The van der Waals surface area contributed by atoms with Crippen LogP contribution in [-0.2, 0) is 9.84 Å². The number of rotatable bonds is 2. The third kappa shape index (κ3) is 3.59. The summed E-state index contributed by atoms with van der Waals surface area (Å²) in [6.45, 7) is 3.25. The quantitative estimate of drug-likeness (QED) is 0.458. The standard InChI is InChI=1S/C13H15N3O3S/c1-4-5-9-6-8(2)10(12(17)16-13(14)15)7-11(9)20(3,18)19/h6-7H,1-3H3,(H4,14,15,16,17). The number of benzene rings is 1. The summed E-state index contributed by atoms with van der Waals surface area (Å²) in [5, 5.41) is 0. The molecule has 1 aromatic carbocycles. The molecule has 6 nitrogen and oxygen atoms in total. The molecule has 0 radical (unpaired) electrons. The molecule has 7 heteroatoms. The molecule has 106 valence electrons. The van der Waals surface area contributed by atoms with Crippen LogP contribution in [0.4, 0.5) is 0 Å². The molecule has 0 aliphatic heterocycles. The van der Waals surface area contributed by atoms with Crippen molar-refractivity contribution >= 4 is 21.7 Å². The molecule has 1 amide bonds. The Morgan fingerprint density at radius 2 is 1.90 bits per heavy atom. The molecule has 0 spiro atoms. The molecule has 0 heterocycles. The summed E-state index contributed by atoms with van der Waals surface area (Å²) in [6.07, 6.45) is 1.05. The second-order valence-corrected chi connectivity index (χ2v) is 6.14. The number of amides is 1. The Bertz CT molecular complexity index is 749. The van der Waals surface area contributed by atoms with E-state index in [9.17, 15) is 13.2 Å². The fourth-order valence-electron chi connectivity index (χ4n) is 1.64. The lowest BCUT2D eigenvalue weighted by atomic mass is 10.0. The van der Waals surface area contributed by atoms with Crippen LogP contribution in [0.1, 0.15) is 28.4 Å². The summed E-state index contributed by atoms with van der Waals surface area (Å²) < 4.78 is 23.5. The van der Waals surface area contributed by atoms with Crippen LogP contribution in [0.15, 0.2) is 22.0 Å². The normalized spacial score (nSPS) is 10.3. The largest absolute Gasteiger partial charge is 0.370 e. The van der Waals surface area contributed by atoms with E-state index in [1.807, 2.05) is 0 Å². The van der Waals surface area contributed by atoms with E-state index < -0.39 is 15.7 Å². The molecular formula is C13H15N3O3S. The maximum atomic E-state index is 11.8. The van der Waals surface area contributed by atoms with Crippen LogP contribution >= 0.6 is 0 Å². The Morgan fingerprint density at radius 1 is 1.30 bits per heavy atom. The number of nitrogens with zero attached hydrogens (tertiary/aromatic N) is 1. The number of sulfone groups is 1. The van der Waals surface area contributed by atoms with Gasteiger partial charge in [0.05, 0.1) is 4.90 Å². The van der Waals surface area contributed by atoms with Crippen molar-refractivity contribution in [2.24, 2.45) is 16.5 Å². The topological polar surface area (TPSA) is 116 Å². The molecule has 1 aromatic rings. The van der Waals surface area contributed by atoms with E-state index in [-0.39, 0.29) is 16.4 Å². The van der Waals surface area contributed by atoms with E-state index in [0.29, 0.717) is 11.1 Å². The monoisotopic (exact) mass is 293 g/mol. The van der Waals surface area contributed by atoms with Crippen molar-refractivity contribution in [2.75, 3.05) is 6.26 Å². The van der Waals surface area contributed by atoms with E-state index in [2.05, 4.69) is 16.8 Å². The van der Waals surface area contributed by atoms with Gasteiger partial charge in [-0.2, -0.15) is 4.99 Å². The van der Waals surface area contributed by atoms with E-state index >= 15 is 0 Å². The van der Waals surface area contributed by atoms with Crippen molar-refractivity contribution in [3.8, 4) is 11.8 Å². The second-order valence-electron chi connectivity index (χ2n) is 4.15. The Morgan fingerprint density at radius 3 is 2.35 bits per heavy atom. The van der Waals surface area contributed by atoms with Gasteiger partial charge in [-0.15, -0.1) is 5.92 Å². The van der Waals surface area contributed by atoms with Crippen molar-refractivity contribution in [2.45, 2.75) is 18.7 Å². The van der Waals surface area contributed by atoms with Crippen LogP contribution < -0.4 is 11.5 Å². The molecule has 0 aromatic heterocycles. The van der Waals surface area contributed by atoms with Gasteiger partial charge < -0.3 is 11.5 Å². The van der Waals surface area contributed by atoms with Gasteiger partial charge in [0.1, 0.15) is 0 Å². The fourth-order valence-corrected chi connectivity index (χ4v) is 2.48. The van der Waals surface area contributed by atoms with E-state index in [4.69, 9.17) is 11.5 Å². The number of hydrogen-bond donors (Lipinski definition) is 2. The maximum absolute atomic E-state index is 11.8. The SMILES string of the molecule is CC#Cc1cc(C)c(C(=O)N=C(N)N)cc1S(C)(=O)=O. The number of carbonyl (C=O) groups excluding carboxylic acids is 1. The molecule has 0 aliphatic carbocycles. The first-order valence-corrected chi connectivity index (χ1v) is 7.47. The third-order valence-electron chi connectivity index (χ3n) is 2.45. The average Bonchev–Trinajstić information content (AvgIpc) is 2.26. The van der Waals surface area contributed by atoms with Crippen LogP contribution in [0, 0.1) is 18.8 Å². The number of nitrogens with two attached hydrogens (primary N) is 2. The zero-order valence-electron chi connectivity index (χ0n) is 11.4. The van der Waals surface area contributed by atoms with Crippen LogP contribution in [-0.4, -0.2) is 26.5 Å². The highest BCUT2D eigenvalue weighted by Crippen LogP contribution is 2.21. The predicted octanol–water partition coefficient (Wildman–Crippen LogP) is 0.184. The molecule has 0 bridgehead atoms. The lowest BCUT2D eigenvalue weighted by Gasteiger charge is -2.08. The molecule has 0 unspecified atom stereocenters. The summed E-state index contributed by atoms with van der Waals surface area (Å²) in [5.41, 5.74) is 11.3. The molecule has 1 rings (SSSR count). The van der Waals surface area contributed by atoms with Crippen molar-refractivity contribution in [3.05, 3.63) is 28.8 Å². The lowest BCUT2D eigenvalue weighted by molar-refractivity contribution is 0.100. The minimum absolute atomic E-state index is 0.0217. The summed E-state index contributed by atoms with van der Waals surface area (Å²) in [6, 6.07) is 2.78. The Balaban J connectivity index is 3.62.